The number of hydrogen-bond acceptors (Lipinski definition) is 6. The minimum atomic E-state index is -0.691. The highest BCUT2D eigenvalue weighted by atomic mass is 35.5. The molecule has 0 saturated carbocycles. The number of benzene rings is 1. The van der Waals surface area contributed by atoms with E-state index in [0.29, 0.717) is 11.0 Å². The molecule has 25 heavy (non-hydrogen) atoms. The zero-order valence-electron chi connectivity index (χ0n) is 12.8. The van der Waals surface area contributed by atoms with E-state index >= 15 is 0 Å². The Hall–Kier alpha value is -2.45. The van der Waals surface area contributed by atoms with Crippen molar-refractivity contribution in [2.24, 2.45) is 0 Å². The molecule has 0 bridgehead atoms. The van der Waals surface area contributed by atoms with Gasteiger partial charge in [0.05, 0.1) is 17.1 Å². The molecule has 0 spiro atoms. The van der Waals surface area contributed by atoms with Gasteiger partial charge in [-0.3, -0.25) is 9.78 Å². The van der Waals surface area contributed by atoms with Gasteiger partial charge in [0, 0.05) is 18.1 Å². The number of aromatic nitrogens is 3. The zero-order valence-corrected chi connectivity index (χ0v) is 14.4. The Balaban J connectivity index is 1.56. The average Bonchev–Trinajstić information content (AvgIpc) is 3.07. The molecular weight excluding hydrogens is 367 g/mol. The molecule has 0 atom stereocenters. The van der Waals surface area contributed by atoms with Crippen LogP contribution in [0, 0.1) is 5.82 Å². The molecule has 6 nitrogen and oxygen atoms in total. The Morgan fingerprint density at radius 2 is 2.16 bits per heavy atom. The van der Waals surface area contributed by atoms with Gasteiger partial charge in [0.25, 0.3) is 11.1 Å². The fourth-order valence-electron chi connectivity index (χ4n) is 1.96. The molecule has 2 heterocycles. The summed E-state index contributed by atoms with van der Waals surface area (Å²) in [4.78, 5) is 16.1. The highest BCUT2D eigenvalue weighted by molar-refractivity contribution is 7.98. The maximum Gasteiger partial charge on any atom is 0.276 e. The summed E-state index contributed by atoms with van der Waals surface area (Å²) in [6.07, 6.45) is 3.45. The third-order valence-electron chi connectivity index (χ3n) is 3.12. The predicted octanol–water partition coefficient (Wildman–Crippen LogP) is 3.48. The number of halogens is 2. The van der Waals surface area contributed by atoms with Crippen molar-refractivity contribution in [2.45, 2.75) is 17.5 Å². The van der Waals surface area contributed by atoms with Crippen molar-refractivity contribution in [1.29, 1.82) is 0 Å². The standard InChI is InChI=1S/C16H12ClFN4O2S/c17-11-4-1-5-12(18)14(11)15(23)20-8-13-21-22-16(24-13)25-9-10-3-2-6-19-7-10/h1-7H,8-9H2,(H,20,23). The number of nitrogens with one attached hydrogen (secondary N) is 1. The van der Waals surface area contributed by atoms with Gasteiger partial charge >= 0.3 is 0 Å². The summed E-state index contributed by atoms with van der Waals surface area (Å²) in [7, 11) is 0. The Bertz CT molecular complexity index is 855. The highest BCUT2D eigenvalue weighted by Gasteiger charge is 2.16. The maximum absolute atomic E-state index is 13.7. The molecule has 3 aromatic rings. The van der Waals surface area contributed by atoms with Crippen LogP contribution in [0.3, 0.4) is 0 Å². The van der Waals surface area contributed by atoms with E-state index in [-0.39, 0.29) is 23.0 Å². The molecule has 0 saturated heterocycles. The third-order valence-corrected chi connectivity index (χ3v) is 4.33. The summed E-state index contributed by atoms with van der Waals surface area (Å²) < 4.78 is 19.1. The first kappa shape index (κ1) is 17.4. The fourth-order valence-corrected chi connectivity index (χ4v) is 2.92. The topological polar surface area (TPSA) is 80.9 Å². The van der Waals surface area contributed by atoms with Crippen molar-refractivity contribution < 1.29 is 13.6 Å². The second kappa shape index (κ2) is 8.09. The monoisotopic (exact) mass is 378 g/mol. The van der Waals surface area contributed by atoms with Crippen LogP contribution < -0.4 is 5.32 Å². The molecule has 3 rings (SSSR count). The molecule has 9 heteroatoms. The molecular formula is C16H12ClFN4O2S. The summed E-state index contributed by atoms with van der Waals surface area (Å²) in [6, 6.07) is 7.83. The molecule has 1 aromatic carbocycles. The Morgan fingerprint density at radius 1 is 1.28 bits per heavy atom. The van der Waals surface area contributed by atoms with E-state index in [2.05, 4.69) is 20.5 Å². The largest absolute Gasteiger partial charge is 0.414 e. The van der Waals surface area contributed by atoms with Crippen LogP contribution in [-0.4, -0.2) is 21.1 Å². The molecule has 1 amide bonds. The molecule has 2 aromatic heterocycles. The van der Waals surface area contributed by atoms with Gasteiger partial charge in [-0.15, -0.1) is 10.2 Å². The predicted molar refractivity (Wildman–Crippen MR) is 90.7 cm³/mol. The molecule has 0 aliphatic carbocycles. The number of rotatable bonds is 6. The first-order chi connectivity index (χ1) is 12.1. The summed E-state index contributed by atoms with van der Waals surface area (Å²) in [5, 5.41) is 10.7. The fraction of sp³-hybridized carbons (Fsp3) is 0.125. The lowest BCUT2D eigenvalue weighted by Gasteiger charge is -2.05. The van der Waals surface area contributed by atoms with Gasteiger partial charge in [0.1, 0.15) is 5.82 Å². The lowest BCUT2D eigenvalue weighted by Crippen LogP contribution is -2.24. The van der Waals surface area contributed by atoms with Gasteiger partial charge in [-0.25, -0.2) is 4.39 Å². The maximum atomic E-state index is 13.7. The summed E-state index contributed by atoms with van der Waals surface area (Å²) in [5.41, 5.74) is 0.810. The number of carbonyl (C=O) groups is 1. The van der Waals surface area contributed by atoms with Gasteiger partial charge < -0.3 is 9.73 Å². The van der Waals surface area contributed by atoms with E-state index in [1.807, 2.05) is 12.1 Å². The van der Waals surface area contributed by atoms with Crippen LogP contribution in [0.2, 0.25) is 5.02 Å². The molecule has 0 radical (unpaired) electrons. The number of thioether (sulfide) groups is 1. The molecule has 0 unspecified atom stereocenters. The molecule has 0 fully saturated rings. The van der Waals surface area contributed by atoms with Crippen molar-refractivity contribution in [2.75, 3.05) is 0 Å². The van der Waals surface area contributed by atoms with Gasteiger partial charge in [-0.05, 0) is 23.8 Å². The van der Waals surface area contributed by atoms with Crippen molar-refractivity contribution in [3.8, 4) is 0 Å². The van der Waals surface area contributed by atoms with E-state index in [1.165, 1.54) is 30.0 Å². The first-order valence-corrected chi connectivity index (χ1v) is 8.56. The lowest BCUT2D eigenvalue weighted by atomic mass is 10.2. The van der Waals surface area contributed by atoms with Gasteiger partial charge in [-0.1, -0.05) is 35.5 Å². The van der Waals surface area contributed by atoms with Gasteiger partial charge in [0.2, 0.25) is 5.89 Å². The third kappa shape index (κ3) is 4.55. The Kier molecular flexibility index (Phi) is 5.62. The molecule has 128 valence electrons. The normalized spacial score (nSPS) is 10.6. The number of nitrogens with zero attached hydrogens (tertiary/aromatic N) is 3. The zero-order chi connectivity index (χ0) is 17.6. The van der Waals surface area contributed by atoms with Crippen LogP contribution in [0.4, 0.5) is 4.39 Å². The van der Waals surface area contributed by atoms with Crippen molar-refractivity contribution in [3.63, 3.8) is 0 Å². The van der Waals surface area contributed by atoms with Gasteiger partial charge in [0.15, 0.2) is 0 Å². The van der Waals surface area contributed by atoms with Gasteiger partial charge in [-0.2, -0.15) is 0 Å². The minimum absolute atomic E-state index is 0.0239. The summed E-state index contributed by atoms with van der Waals surface area (Å²) >= 11 is 7.20. The van der Waals surface area contributed by atoms with E-state index in [4.69, 9.17) is 16.0 Å². The van der Waals surface area contributed by atoms with E-state index in [0.717, 1.165) is 5.56 Å². The molecule has 0 aliphatic heterocycles. The quantitative estimate of drug-likeness (QED) is 0.661. The molecule has 1 N–H and O–H groups in total. The van der Waals surface area contributed by atoms with Crippen LogP contribution >= 0.6 is 23.4 Å². The van der Waals surface area contributed by atoms with Crippen LogP contribution in [0.5, 0.6) is 0 Å². The average molecular weight is 379 g/mol. The molecule has 0 aliphatic rings. The van der Waals surface area contributed by atoms with Crippen molar-refractivity contribution in [1.82, 2.24) is 20.5 Å². The van der Waals surface area contributed by atoms with Crippen LogP contribution in [0.15, 0.2) is 52.4 Å². The van der Waals surface area contributed by atoms with E-state index in [1.54, 1.807) is 12.4 Å². The lowest BCUT2D eigenvalue weighted by molar-refractivity contribution is 0.0943. The highest BCUT2D eigenvalue weighted by Crippen LogP contribution is 2.21. The Morgan fingerprint density at radius 3 is 2.92 bits per heavy atom. The summed E-state index contributed by atoms with van der Waals surface area (Å²) in [5.74, 6) is -0.490. The minimum Gasteiger partial charge on any atom is -0.414 e. The number of carbonyl (C=O) groups excluding carboxylic acids is 1. The summed E-state index contributed by atoms with van der Waals surface area (Å²) in [6.45, 7) is -0.0239. The number of hydrogen-bond donors (Lipinski definition) is 1. The second-order valence-electron chi connectivity index (χ2n) is 4.89. The SMILES string of the molecule is O=C(NCc1nnc(SCc2cccnc2)o1)c1c(F)cccc1Cl. The Labute approximate surface area is 151 Å². The van der Waals surface area contributed by atoms with Crippen molar-refractivity contribution >= 4 is 29.3 Å². The van der Waals surface area contributed by atoms with Crippen LogP contribution in [0.1, 0.15) is 21.8 Å². The number of pyridine rings is 1. The van der Waals surface area contributed by atoms with Crippen LogP contribution in [-0.2, 0) is 12.3 Å². The van der Waals surface area contributed by atoms with E-state index < -0.39 is 11.7 Å². The van der Waals surface area contributed by atoms with Crippen LogP contribution in [0.25, 0.3) is 0 Å². The first-order valence-electron chi connectivity index (χ1n) is 7.20. The second-order valence-corrected chi connectivity index (χ2v) is 6.22. The number of amides is 1. The van der Waals surface area contributed by atoms with Crippen molar-refractivity contribution in [3.05, 3.63) is 70.6 Å². The smallest absolute Gasteiger partial charge is 0.276 e. The van der Waals surface area contributed by atoms with E-state index in [9.17, 15) is 9.18 Å².